The molecule has 0 aliphatic rings. The third-order valence-corrected chi connectivity index (χ3v) is 6.01. The van der Waals surface area contributed by atoms with Gasteiger partial charge in [0.15, 0.2) is 5.82 Å². The van der Waals surface area contributed by atoms with Crippen molar-refractivity contribution in [2.75, 3.05) is 20.0 Å². The summed E-state index contributed by atoms with van der Waals surface area (Å²) in [7, 11) is 2.51. The zero-order valence-electron chi connectivity index (χ0n) is 15.9. The van der Waals surface area contributed by atoms with E-state index in [-0.39, 0.29) is 27.8 Å². The number of aromatic nitrogens is 3. The first-order valence-corrected chi connectivity index (χ1v) is 10.6. The van der Waals surface area contributed by atoms with Gasteiger partial charge in [0.2, 0.25) is 5.16 Å². The van der Waals surface area contributed by atoms with E-state index in [2.05, 4.69) is 15.2 Å². The summed E-state index contributed by atoms with van der Waals surface area (Å²) in [6, 6.07) is 6.95. The summed E-state index contributed by atoms with van der Waals surface area (Å²) < 4.78 is 15.2. The van der Waals surface area contributed by atoms with Crippen molar-refractivity contribution < 1.29 is 23.8 Å². The van der Waals surface area contributed by atoms with Crippen molar-refractivity contribution in [2.45, 2.75) is 17.5 Å². The van der Waals surface area contributed by atoms with Crippen LogP contribution in [0.5, 0.6) is 5.75 Å². The van der Waals surface area contributed by atoms with E-state index in [9.17, 15) is 9.59 Å². The Balaban J connectivity index is 1.70. The molecule has 0 unspecified atom stereocenters. The number of hydrogen-bond donors (Lipinski definition) is 2. The molecule has 0 atom stereocenters. The number of thiophene rings is 1. The van der Waals surface area contributed by atoms with Crippen molar-refractivity contribution in [3.8, 4) is 5.75 Å². The summed E-state index contributed by atoms with van der Waals surface area (Å²) in [5, 5.41) is 8.13. The van der Waals surface area contributed by atoms with Crippen LogP contribution in [0, 0.1) is 0 Å². The summed E-state index contributed by atoms with van der Waals surface area (Å²) >= 11 is 8.05. The molecule has 9 nitrogen and oxygen atoms in total. The highest BCUT2D eigenvalue weighted by Crippen LogP contribution is 2.36. The average molecular weight is 469 g/mol. The third kappa shape index (κ3) is 5.04. The van der Waals surface area contributed by atoms with Crippen molar-refractivity contribution >= 4 is 51.6 Å². The summed E-state index contributed by atoms with van der Waals surface area (Å²) in [5.74, 6) is 0.173. The number of aromatic amines is 1. The lowest BCUT2D eigenvalue weighted by Gasteiger charge is -2.05. The summed E-state index contributed by atoms with van der Waals surface area (Å²) in [6.45, 7) is 0.182. The first kappa shape index (κ1) is 21.9. The number of rotatable bonds is 8. The molecule has 1 aromatic carbocycles. The van der Waals surface area contributed by atoms with Crippen molar-refractivity contribution in [1.29, 1.82) is 0 Å². The van der Waals surface area contributed by atoms with Gasteiger partial charge < -0.3 is 19.9 Å². The molecule has 0 fully saturated rings. The molecule has 12 heteroatoms. The number of nitrogens with two attached hydrogens (primary N) is 1. The van der Waals surface area contributed by atoms with Gasteiger partial charge in [-0.3, -0.25) is 5.10 Å². The molecule has 0 amide bonds. The van der Waals surface area contributed by atoms with Crippen LogP contribution in [0.15, 0.2) is 29.4 Å². The number of methoxy groups -OCH3 is 2. The molecular weight excluding hydrogens is 452 g/mol. The number of hydrogen-bond acceptors (Lipinski definition) is 10. The second kappa shape index (κ2) is 9.83. The molecule has 3 rings (SSSR count). The molecule has 3 aromatic rings. The average Bonchev–Trinajstić information content (AvgIpc) is 3.34. The highest BCUT2D eigenvalue weighted by Gasteiger charge is 2.27. The second-order valence-corrected chi connectivity index (χ2v) is 8.16. The number of ether oxygens (including phenoxy) is 3. The number of anilines is 1. The van der Waals surface area contributed by atoms with Gasteiger partial charge in [0, 0.05) is 16.3 Å². The monoisotopic (exact) mass is 468 g/mol. The van der Waals surface area contributed by atoms with E-state index in [1.165, 1.54) is 26.0 Å². The lowest BCUT2D eigenvalue weighted by molar-refractivity contribution is 0.0601. The predicted octanol–water partition coefficient (Wildman–Crippen LogP) is 3.55. The van der Waals surface area contributed by atoms with Crippen molar-refractivity contribution in [1.82, 2.24) is 15.2 Å². The Morgan fingerprint density at radius 1 is 1.20 bits per heavy atom. The topological polar surface area (TPSA) is 129 Å². The van der Waals surface area contributed by atoms with Gasteiger partial charge in [0.25, 0.3) is 0 Å². The van der Waals surface area contributed by atoms with Crippen LogP contribution in [0.1, 0.15) is 31.4 Å². The summed E-state index contributed by atoms with van der Waals surface area (Å²) in [4.78, 5) is 28.8. The SMILES string of the molecule is COC(=O)c1sc(N)c(C(=O)OC)c1CSc1n[nH]c(COc2ccc(Cl)cc2)n1. The molecule has 0 saturated heterocycles. The highest BCUT2D eigenvalue weighted by atomic mass is 35.5. The smallest absolute Gasteiger partial charge is 0.348 e. The second-order valence-electron chi connectivity index (χ2n) is 5.73. The molecule has 2 heterocycles. The molecule has 0 aliphatic heterocycles. The molecule has 0 spiro atoms. The van der Waals surface area contributed by atoms with Crippen LogP contribution in [-0.4, -0.2) is 41.3 Å². The Morgan fingerprint density at radius 3 is 2.57 bits per heavy atom. The molecular formula is C18H17ClN4O5S2. The van der Waals surface area contributed by atoms with E-state index >= 15 is 0 Å². The van der Waals surface area contributed by atoms with Crippen molar-refractivity contribution in [3.63, 3.8) is 0 Å². The molecule has 0 saturated carbocycles. The van der Waals surface area contributed by atoms with E-state index in [0.29, 0.717) is 27.3 Å². The Kier molecular flexibility index (Phi) is 7.19. The fourth-order valence-electron chi connectivity index (χ4n) is 2.43. The first-order valence-electron chi connectivity index (χ1n) is 8.43. The summed E-state index contributed by atoms with van der Waals surface area (Å²) in [5.41, 5.74) is 6.50. The van der Waals surface area contributed by atoms with Gasteiger partial charge in [-0.1, -0.05) is 23.4 Å². The number of carbonyl (C=O) groups excluding carboxylic acids is 2. The number of nitrogens with zero attached hydrogens (tertiary/aromatic N) is 2. The van der Waals surface area contributed by atoms with Crippen LogP contribution in [0.2, 0.25) is 5.02 Å². The number of nitrogen functional groups attached to an aromatic ring is 1. The van der Waals surface area contributed by atoms with E-state index in [4.69, 9.17) is 31.5 Å². The van der Waals surface area contributed by atoms with Gasteiger partial charge in [0.1, 0.15) is 22.2 Å². The maximum Gasteiger partial charge on any atom is 0.348 e. The molecule has 0 aliphatic carbocycles. The number of H-pyrrole nitrogens is 1. The molecule has 30 heavy (non-hydrogen) atoms. The maximum absolute atomic E-state index is 12.1. The van der Waals surface area contributed by atoms with E-state index in [1.54, 1.807) is 24.3 Å². The van der Waals surface area contributed by atoms with Gasteiger partial charge in [-0.25, -0.2) is 14.6 Å². The Morgan fingerprint density at radius 2 is 1.90 bits per heavy atom. The van der Waals surface area contributed by atoms with Gasteiger partial charge in [-0.05, 0) is 24.3 Å². The molecule has 0 radical (unpaired) electrons. The van der Waals surface area contributed by atoms with Crippen LogP contribution >= 0.6 is 34.7 Å². The Bertz CT molecular complexity index is 1050. The van der Waals surface area contributed by atoms with Crippen LogP contribution < -0.4 is 10.5 Å². The zero-order valence-corrected chi connectivity index (χ0v) is 18.3. The van der Waals surface area contributed by atoms with Crippen LogP contribution in [0.25, 0.3) is 0 Å². The van der Waals surface area contributed by atoms with Gasteiger partial charge in [-0.15, -0.1) is 16.4 Å². The maximum atomic E-state index is 12.1. The molecule has 0 bridgehead atoms. The first-order chi connectivity index (χ1) is 14.4. The Hall–Kier alpha value is -2.76. The lowest BCUT2D eigenvalue weighted by Crippen LogP contribution is -2.08. The number of benzene rings is 1. The normalized spacial score (nSPS) is 10.6. The third-order valence-electron chi connectivity index (χ3n) is 3.84. The zero-order chi connectivity index (χ0) is 21.7. The number of halogens is 1. The minimum atomic E-state index is -0.624. The fourth-order valence-corrected chi connectivity index (χ4v) is 4.49. The molecule has 158 valence electrons. The van der Waals surface area contributed by atoms with Gasteiger partial charge in [0.05, 0.1) is 19.8 Å². The standard InChI is InChI=1S/C18H17ClN4O5S2/c1-26-16(24)13-11(14(17(25)27-2)30-15(13)20)8-29-18-21-12(22-23-18)7-28-10-5-3-9(19)4-6-10/h3-6H,7-8,20H2,1-2H3,(H,21,22,23). The number of thioether (sulfide) groups is 1. The van der Waals surface area contributed by atoms with Gasteiger partial charge in [-0.2, -0.15) is 0 Å². The van der Waals surface area contributed by atoms with Crippen molar-refractivity contribution in [3.05, 3.63) is 51.1 Å². The quantitative estimate of drug-likeness (QED) is 0.376. The summed E-state index contributed by atoms with van der Waals surface area (Å²) in [6.07, 6.45) is 0. The molecule has 2 aromatic heterocycles. The van der Waals surface area contributed by atoms with Crippen LogP contribution in [0.4, 0.5) is 5.00 Å². The highest BCUT2D eigenvalue weighted by molar-refractivity contribution is 7.98. The fraction of sp³-hybridized carbons (Fsp3) is 0.222. The lowest BCUT2D eigenvalue weighted by atomic mass is 10.1. The number of carbonyl (C=O) groups is 2. The van der Waals surface area contributed by atoms with Crippen molar-refractivity contribution in [2.24, 2.45) is 0 Å². The number of nitrogens with one attached hydrogen (secondary N) is 1. The van der Waals surface area contributed by atoms with Crippen LogP contribution in [0.3, 0.4) is 0 Å². The minimum Gasteiger partial charge on any atom is -0.486 e. The van der Waals surface area contributed by atoms with Gasteiger partial charge >= 0.3 is 11.9 Å². The van der Waals surface area contributed by atoms with E-state index in [0.717, 1.165) is 11.3 Å². The van der Waals surface area contributed by atoms with E-state index < -0.39 is 11.9 Å². The predicted molar refractivity (Wildman–Crippen MR) is 113 cm³/mol. The minimum absolute atomic E-state index is 0.150. The largest absolute Gasteiger partial charge is 0.486 e. The Labute approximate surface area is 184 Å². The van der Waals surface area contributed by atoms with E-state index in [1.807, 2.05) is 0 Å². The molecule has 3 N–H and O–H groups in total. The van der Waals surface area contributed by atoms with Crippen LogP contribution in [-0.2, 0) is 21.8 Å². The number of esters is 2.